The average molecular weight is 314 g/mol. The van der Waals surface area contributed by atoms with E-state index in [4.69, 9.17) is 4.42 Å². The van der Waals surface area contributed by atoms with Crippen molar-refractivity contribution in [3.63, 3.8) is 0 Å². The monoisotopic (exact) mass is 313 g/mol. The van der Waals surface area contributed by atoms with E-state index in [1.807, 2.05) is 0 Å². The molecule has 1 aromatic carbocycles. The number of nitro benzene ring substituents is 1. The second kappa shape index (κ2) is 7.05. The maximum Gasteiger partial charge on any atom is 0.289 e. The van der Waals surface area contributed by atoms with Crippen LogP contribution in [0.15, 0.2) is 28.7 Å². The molecule has 2 rings (SSSR count). The lowest BCUT2D eigenvalue weighted by Gasteiger charge is -2.14. The van der Waals surface area contributed by atoms with Crippen LogP contribution in [0.3, 0.4) is 0 Å². The highest BCUT2D eigenvalue weighted by Crippen LogP contribution is 2.24. The highest BCUT2D eigenvalue weighted by molar-refractivity contribution is 5.96. The van der Waals surface area contributed by atoms with Crippen LogP contribution in [0.25, 0.3) is 11.0 Å². The number of hydrogen-bond donors (Lipinski definition) is 1. The molecule has 0 spiro atoms. The lowest BCUT2D eigenvalue weighted by atomic mass is 10.2. The van der Waals surface area contributed by atoms with E-state index < -0.39 is 4.92 Å². The predicted octanol–water partition coefficient (Wildman–Crippen LogP) is 2.05. The Morgan fingerprint density at radius 1 is 1.43 bits per heavy atom. The number of benzene rings is 1. The molecule has 1 amide bonds. The van der Waals surface area contributed by atoms with Crippen molar-refractivity contribution in [3.05, 3.63) is 40.1 Å². The number of halogens is 1. The van der Waals surface area contributed by atoms with Gasteiger partial charge in [0.1, 0.15) is 5.58 Å². The van der Waals surface area contributed by atoms with Gasteiger partial charge in [0.2, 0.25) is 0 Å². The molecule has 7 nitrogen and oxygen atoms in total. The van der Waals surface area contributed by atoms with Crippen LogP contribution in [-0.2, 0) is 0 Å². The summed E-state index contributed by atoms with van der Waals surface area (Å²) in [7, 11) is 3.48. The van der Waals surface area contributed by atoms with Crippen LogP contribution in [-0.4, -0.2) is 42.9 Å². The summed E-state index contributed by atoms with van der Waals surface area (Å²) in [6.07, 6.45) is 0. The Labute approximate surface area is 127 Å². The van der Waals surface area contributed by atoms with Crippen molar-refractivity contribution in [3.8, 4) is 0 Å². The minimum atomic E-state index is -0.479. The first-order valence-corrected chi connectivity index (χ1v) is 6.11. The summed E-state index contributed by atoms with van der Waals surface area (Å²) in [6.45, 7) is 1.22. The van der Waals surface area contributed by atoms with Crippen molar-refractivity contribution >= 4 is 35.0 Å². The number of carbonyl (C=O) groups is 1. The van der Waals surface area contributed by atoms with Crippen LogP contribution in [0, 0.1) is 10.1 Å². The van der Waals surface area contributed by atoms with Crippen molar-refractivity contribution in [1.29, 1.82) is 0 Å². The summed E-state index contributed by atoms with van der Waals surface area (Å²) < 4.78 is 5.43. The molecule has 1 heterocycles. The third-order valence-corrected chi connectivity index (χ3v) is 2.97. The predicted molar refractivity (Wildman–Crippen MR) is 81.0 cm³/mol. The van der Waals surface area contributed by atoms with Gasteiger partial charge in [-0.3, -0.25) is 14.9 Å². The van der Waals surface area contributed by atoms with Crippen LogP contribution >= 0.6 is 12.4 Å². The van der Waals surface area contributed by atoms with E-state index in [0.717, 1.165) is 0 Å². The van der Waals surface area contributed by atoms with Crippen LogP contribution < -0.4 is 5.32 Å². The number of non-ortho nitro benzene ring substituents is 1. The smallest absolute Gasteiger partial charge is 0.289 e. The Morgan fingerprint density at radius 3 is 2.76 bits per heavy atom. The fourth-order valence-electron chi connectivity index (χ4n) is 1.82. The first-order chi connectivity index (χ1) is 9.52. The molecule has 0 unspecified atom stereocenters. The number of fused-ring (bicyclic) bond motifs is 1. The number of likely N-dealkylation sites (N-methyl/N-ethyl adjacent to an activating group) is 2. The molecular formula is C13H16ClN3O4. The highest BCUT2D eigenvalue weighted by atomic mass is 35.5. The summed E-state index contributed by atoms with van der Waals surface area (Å²) in [4.78, 5) is 23.9. The standard InChI is InChI=1S/C13H15N3O4.ClH/c1-14-5-6-15(2)13(17)12-8-9-7-10(16(18)19)3-4-11(9)20-12;/h3-4,7-8,14H,5-6H2,1-2H3;1H. The molecule has 0 fully saturated rings. The molecule has 0 aliphatic rings. The second-order valence-electron chi connectivity index (χ2n) is 4.42. The first-order valence-electron chi connectivity index (χ1n) is 6.11. The zero-order chi connectivity index (χ0) is 14.7. The largest absolute Gasteiger partial charge is 0.451 e. The number of carbonyl (C=O) groups excluding carboxylic acids is 1. The number of furan rings is 1. The van der Waals surface area contributed by atoms with Gasteiger partial charge in [-0.25, -0.2) is 0 Å². The zero-order valence-corrected chi connectivity index (χ0v) is 12.5. The lowest BCUT2D eigenvalue weighted by molar-refractivity contribution is -0.384. The molecule has 21 heavy (non-hydrogen) atoms. The van der Waals surface area contributed by atoms with Gasteiger partial charge in [-0.2, -0.15) is 0 Å². The van der Waals surface area contributed by atoms with Gasteiger partial charge in [0, 0.05) is 37.7 Å². The van der Waals surface area contributed by atoms with Crippen molar-refractivity contribution in [2.24, 2.45) is 0 Å². The molecule has 1 aromatic heterocycles. The lowest BCUT2D eigenvalue weighted by Crippen LogP contribution is -2.32. The number of hydrogen-bond acceptors (Lipinski definition) is 5. The Morgan fingerprint density at radius 2 is 2.14 bits per heavy atom. The number of rotatable bonds is 5. The fraction of sp³-hybridized carbons (Fsp3) is 0.308. The Hall–Kier alpha value is -2.12. The topological polar surface area (TPSA) is 88.6 Å². The highest BCUT2D eigenvalue weighted by Gasteiger charge is 2.17. The van der Waals surface area contributed by atoms with Crippen LogP contribution in [0.5, 0.6) is 0 Å². The number of nitrogens with one attached hydrogen (secondary N) is 1. The van der Waals surface area contributed by atoms with Gasteiger partial charge in [-0.05, 0) is 19.2 Å². The average Bonchev–Trinajstić information content (AvgIpc) is 2.86. The quantitative estimate of drug-likeness (QED) is 0.674. The Balaban J connectivity index is 0.00000220. The van der Waals surface area contributed by atoms with Crippen LogP contribution in [0.4, 0.5) is 5.69 Å². The van der Waals surface area contributed by atoms with Gasteiger partial charge in [0.05, 0.1) is 4.92 Å². The summed E-state index contributed by atoms with van der Waals surface area (Å²) in [5.74, 6) is -0.0711. The molecule has 0 aliphatic heterocycles. The first kappa shape index (κ1) is 16.9. The van der Waals surface area contributed by atoms with E-state index in [1.54, 1.807) is 14.1 Å². The molecule has 0 bridgehead atoms. The van der Waals surface area contributed by atoms with Gasteiger partial charge in [0.15, 0.2) is 5.76 Å². The van der Waals surface area contributed by atoms with Crippen molar-refractivity contribution in [2.75, 3.05) is 27.2 Å². The summed E-state index contributed by atoms with van der Waals surface area (Å²) in [6, 6.07) is 5.77. The second-order valence-corrected chi connectivity index (χ2v) is 4.42. The zero-order valence-electron chi connectivity index (χ0n) is 11.7. The van der Waals surface area contributed by atoms with Crippen molar-refractivity contribution in [1.82, 2.24) is 10.2 Å². The van der Waals surface area contributed by atoms with Crippen LogP contribution in [0.2, 0.25) is 0 Å². The van der Waals surface area contributed by atoms with E-state index in [1.165, 1.54) is 29.2 Å². The molecule has 0 saturated carbocycles. The summed E-state index contributed by atoms with van der Waals surface area (Å²) in [5, 5.41) is 14.2. The van der Waals surface area contributed by atoms with E-state index in [-0.39, 0.29) is 29.8 Å². The SMILES string of the molecule is CNCCN(C)C(=O)c1cc2cc([N+](=O)[O-])ccc2o1.Cl. The van der Waals surface area contributed by atoms with Crippen molar-refractivity contribution < 1.29 is 14.1 Å². The minimum absolute atomic E-state index is 0. The van der Waals surface area contributed by atoms with Crippen LogP contribution in [0.1, 0.15) is 10.6 Å². The molecule has 0 radical (unpaired) electrons. The van der Waals surface area contributed by atoms with E-state index in [0.29, 0.717) is 24.1 Å². The Kier molecular flexibility index (Phi) is 5.69. The normalized spacial score (nSPS) is 10.2. The van der Waals surface area contributed by atoms with E-state index in [9.17, 15) is 14.9 Å². The van der Waals surface area contributed by atoms with Crippen molar-refractivity contribution in [2.45, 2.75) is 0 Å². The summed E-state index contributed by atoms with van der Waals surface area (Å²) in [5.41, 5.74) is 0.432. The number of nitro groups is 1. The molecule has 114 valence electrons. The number of nitrogens with zero attached hydrogens (tertiary/aromatic N) is 2. The van der Waals surface area contributed by atoms with Gasteiger partial charge >= 0.3 is 0 Å². The molecule has 8 heteroatoms. The Bertz CT molecular complexity index is 656. The molecule has 0 atom stereocenters. The van der Waals surface area contributed by atoms with E-state index >= 15 is 0 Å². The van der Waals surface area contributed by atoms with Gasteiger partial charge in [0.25, 0.3) is 11.6 Å². The number of amides is 1. The molecule has 1 N–H and O–H groups in total. The van der Waals surface area contributed by atoms with Gasteiger partial charge in [-0.15, -0.1) is 12.4 Å². The maximum absolute atomic E-state index is 12.1. The molecule has 0 saturated heterocycles. The molecule has 0 aliphatic carbocycles. The molecule has 2 aromatic rings. The van der Waals surface area contributed by atoms with Gasteiger partial charge < -0.3 is 14.6 Å². The third kappa shape index (κ3) is 3.71. The minimum Gasteiger partial charge on any atom is -0.451 e. The summed E-state index contributed by atoms with van der Waals surface area (Å²) >= 11 is 0. The third-order valence-electron chi connectivity index (χ3n) is 2.97. The fourth-order valence-corrected chi connectivity index (χ4v) is 1.82. The van der Waals surface area contributed by atoms with Gasteiger partial charge in [-0.1, -0.05) is 0 Å². The molecular weight excluding hydrogens is 298 g/mol. The van der Waals surface area contributed by atoms with E-state index in [2.05, 4.69) is 5.32 Å². The maximum atomic E-state index is 12.1.